The molecule has 0 aliphatic rings. The standard InChI is InChI=1S/C15H24N2O5S/c1-5-9-17(12(2)18)10-8-16-23(19,20)15-11-13(21-3)6-7-14(15)22-4/h6-7,11,16H,5,8-10H2,1-4H3. The minimum atomic E-state index is -3.76. The molecule has 0 fully saturated rings. The van der Waals surface area contributed by atoms with E-state index in [1.807, 2.05) is 6.92 Å². The average molecular weight is 344 g/mol. The van der Waals surface area contributed by atoms with Crippen LogP contribution in [0.15, 0.2) is 23.1 Å². The molecule has 1 N–H and O–H groups in total. The number of benzene rings is 1. The first-order chi connectivity index (χ1) is 10.9. The smallest absolute Gasteiger partial charge is 0.244 e. The number of sulfonamides is 1. The van der Waals surface area contributed by atoms with Gasteiger partial charge in [-0.05, 0) is 18.6 Å². The van der Waals surface area contributed by atoms with Gasteiger partial charge in [-0.3, -0.25) is 4.79 Å². The maximum absolute atomic E-state index is 12.4. The molecule has 130 valence electrons. The highest BCUT2D eigenvalue weighted by molar-refractivity contribution is 7.89. The Balaban J connectivity index is 2.85. The topological polar surface area (TPSA) is 84.9 Å². The van der Waals surface area contributed by atoms with Crippen molar-refractivity contribution in [1.82, 2.24) is 9.62 Å². The van der Waals surface area contributed by atoms with Gasteiger partial charge < -0.3 is 14.4 Å². The van der Waals surface area contributed by atoms with Gasteiger partial charge in [0.05, 0.1) is 14.2 Å². The lowest BCUT2D eigenvalue weighted by Gasteiger charge is -2.20. The van der Waals surface area contributed by atoms with Crippen molar-refractivity contribution >= 4 is 15.9 Å². The SMILES string of the molecule is CCCN(CCNS(=O)(=O)c1cc(OC)ccc1OC)C(C)=O. The molecule has 0 aliphatic carbocycles. The summed E-state index contributed by atoms with van der Waals surface area (Å²) in [4.78, 5) is 13.1. The molecule has 7 nitrogen and oxygen atoms in total. The lowest BCUT2D eigenvalue weighted by molar-refractivity contribution is -0.128. The van der Waals surface area contributed by atoms with E-state index < -0.39 is 10.0 Å². The quantitative estimate of drug-likeness (QED) is 0.728. The van der Waals surface area contributed by atoms with Crippen LogP contribution >= 0.6 is 0 Å². The first kappa shape index (κ1) is 19.2. The molecule has 23 heavy (non-hydrogen) atoms. The molecule has 0 atom stereocenters. The van der Waals surface area contributed by atoms with Gasteiger partial charge in [-0.25, -0.2) is 13.1 Å². The van der Waals surface area contributed by atoms with Crippen LogP contribution in [-0.4, -0.2) is 53.1 Å². The Bertz CT molecular complexity index is 631. The fourth-order valence-corrected chi connectivity index (χ4v) is 3.29. The van der Waals surface area contributed by atoms with Gasteiger partial charge in [0.15, 0.2) is 0 Å². The minimum Gasteiger partial charge on any atom is -0.497 e. The Hall–Kier alpha value is -1.80. The largest absolute Gasteiger partial charge is 0.497 e. The Morgan fingerprint density at radius 2 is 1.91 bits per heavy atom. The molecule has 1 aromatic rings. The number of hydrogen-bond acceptors (Lipinski definition) is 5. The van der Waals surface area contributed by atoms with Crippen LogP contribution in [0.5, 0.6) is 11.5 Å². The minimum absolute atomic E-state index is 0.00390. The normalized spacial score (nSPS) is 11.1. The van der Waals surface area contributed by atoms with Crippen LogP contribution in [0.25, 0.3) is 0 Å². The van der Waals surface area contributed by atoms with E-state index in [1.54, 1.807) is 11.0 Å². The number of amides is 1. The maximum Gasteiger partial charge on any atom is 0.244 e. The van der Waals surface area contributed by atoms with Gasteiger partial charge in [-0.2, -0.15) is 0 Å². The molecule has 0 aliphatic heterocycles. The predicted molar refractivity (Wildman–Crippen MR) is 87.3 cm³/mol. The number of carbonyl (C=O) groups is 1. The third kappa shape index (κ3) is 5.40. The van der Waals surface area contributed by atoms with Crippen molar-refractivity contribution in [2.24, 2.45) is 0 Å². The van der Waals surface area contributed by atoms with Crippen LogP contribution in [0, 0.1) is 0 Å². The van der Waals surface area contributed by atoms with Gasteiger partial charge in [0.2, 0.25) is 15.9 Å². The van der Waals surface area contributed by atoms with Gasteiger partial charge in [-0.1, -0.05) is 6.92 Å². The van der Waals surface area contributed by atoms with E-state index >= 15 is 0 Å². The number of nitrogens with zero attached hydrogens (tertiary/aromatic N) is 1. The Morgan fingerprint density at radius 1 is 1.22 bits per heavy atom. The molecule has 0 spiro atoms. The van der Waals surface area contributed by atoms with Crippen LogP contribution in [0.2, 0.25) is 0 Å². The average Bonchev–Trinajstić information content (AvgIpc) is 2.53. The van der Waals surface area contributed by atoms with Gasteiger partial charge in [-0.15, -0.1) is 0 Å². The van der Waals surface area contributed by atoms with Crippen LogP contribution < -0.4 is 14.2 Å². The van der Waals surface area contributed by atoms with Gasteiger partial charge in [0.1, 0.15) is 16.4 Å². The zero-order chi connectivity index (χ0) is 17.5. The van der Waals surface area contributed by atoms with Gasteiger partial charge in [0, 0.05) is 32.6 Å². The molecule has 0 radical (unpaired) electrons. The van der Waals surface area contributed by atoms with Crippen molar-refractivity contribution in [3.8, 4) is 11.5 Å². The number of ether oxygens (including phenoxy) is 2. The lowest BCUT2D eigenvalue weighted by atomic mass is 10.3. The Kier molecular flexibility index (Phi) is 7.31. The van der Waals surface area contributed by atoms with Crippen molar-refractivity contribution in [3.05, 3.63) is 18.2 Å². The third-order valence-electron chi connectivity index (χ3n) is 3.27. The number of carbonyl (C=O) groups excluding carboxylic acids is 1. The molecule has 0 unspecified atom stereocenters. The molecule has 8 heteroatoms. The summed E-state index contributed by atoms with van der Waals surface area (Å²) in [5.41, 5.74) is 0. The molecular weight excluding hydrogens is 320 g/mol. The number of hydrogen-bond donors (Lipinski definition) is 1. The second kappa shape index (κ2) is 8.73. The first-order valence-electron chi connectivity index (χ1n) is 7.33. The molecule has 0 heterocycles. The molecule has 0 saturated carbocycles. The van der Waals surface area contributed by atoms with E-state index in [9.17, 15) is 13.2 Å². The fraction of sp³-hybridized carbons (Fsp3) is 0.533. The molecule has 0 saturated heterocycles. The molecule has 1 aromatic carbocycles. The van der Waals surface area contributed by atoms with E-state index in [-0.39, 0.29) is 23.1 Å². The molecule has 0 bridgehead atoms. The summed E-state index contributed by atoms with van der Waals surface area (Å²) < 4.78 is 37.5. The van der Waals surface area contributed by atoms with Crippen molar-refractivity contribution in [1.29, 1.82) is 0 Å². The summed E-state index contributed by atoms with van der Waals surface area (Å²) in [6.45, 7) is 4.47. The van der Waals surface area contributed by atoms with Crippen molar-refractivity contribution in [3.63, 3.8) is 0 Å². The summed E-state index contributed by atoms with van der Waals surface area (Å²) in [7, 11) is -0.903. The lowest BCUT2D eigenvalue weighted by Crippen LogP contribution is -2.37. The predicted octanol–water partition coefficient (Wildman–Crippen LogP) is 1.24. The van der Waals surface area contributed by atoms with Crippen LogP contribution in [-0.2, 0) is 14.8 Å². The number of rotatable bonds is 9. The highest BCUT2D eigenvalue weighted by atomic mass is 32.2. The highest BCUT2D eigenvalue weighted by Gasteiger charge is 2.20. The first-order valence-corrected chi connectivity index (χ1v) is 8.81. The van der Waals surface area contributed by atoms with E-state index in [2.05, 4.69) is 4.72 Å². The maximum atomic E-state index is 12.4. The zero-order valence-corrected chi connectivity index (χ0v) is 14.8. The number of nitrogens with one attached hydrogen (secondary N) is 1. The van der Waals surface area contributed by atoms with Gasteiger partial charge in [0.25, 0.3) is 0 Å². The summed E-state index contributed by atoms with van der Waals surface area (Å²) in [6.07, 6.45) is 0.816. The van der Waals surface area contributed by atoms with Crippen molar-refractivity contribution in [2.45, 2.75) is 25.2 Å². The molecule has 0 aromatic heterocycles. The molecular formula is C15H24N2O5S. The zero-order valence-electron chi connectivity index (χ0n) is 14.0. The summed E-state index contributed by atoms with van der Waals surface area (Å²) in [5, 5.41) is 0. The van der Waals surface area contributed by atoms with Crippen molar-refractivity contribution < 1.29 is 22.7 Å². The number of methoxy groups -OCH3 is 2. The van der Waals surface area contributed by atoms with E-state index in [0.717, 1.165) is 6.42 Å². The third-order valence-corrected chi connectivity index (χ3v) is 4.76. The van der Waals surface area contributed by atoms with Gasteiger partial charge >= 0.3 is 0 Å². The highest BCUT2D eigenvalue weighted by Crippen LogP contribution is 2.27. The molecule has 1 rings (SSSR count). The summed E-state index contributed by atoms with van der Waals surface area (Å²) in [5.74, 6) is 0.572. The summed E-state index contributed by atoms with van der Waals surface area (Å²) in [6, 6.07) is 4.55. The van der Waals surface area contributed by atoms with Crippen LogP contribution in [0.4, 0.5) is 0 Å². The van der Waals surface area contributed by atoms with E-state index in [0.29, 0.717) is 18.8 Å². The van der Waals surface area contributed by atoms with Crippen LogP contribution in [0.3, 0.4) is 0 Å². The second-order valence-electron chi connectivity index (χ2n) is 4.92. The summed E-state index contributed by atoms with van der Waals surface area (Å²) >= 11 is 0. The second-order valence-corrected chi connectivity index (χ2v) is 6.66. The van der Waals surface area contributed by atoms with Crippen molar-refractivity contribution in [2.75, 3.05) is 33.9 Å². The Labute approximate surface area is 137 Å². The fourth-order valence-electron chi connectivity index (χ4n) is 2.08. The Morgan fingerprint density at radius 3 is 2.43 bits per heavy atom. The van der Waals surface area contributed by atoms with Crippen LogP contribution in [0.1, 0.15) is 20.3 Å². The van der Waals surface area contributed by atoms with E-state index in [4.69, 9.17) is 9.47 Å². The molecule has 1 amide bonds. The monoisotopic (exact) mass is 344 g/mol. The van der Waals surface area contributed by atoms with E-state index in [1.165, 1.54) is 33.3 Å².